The molecule has 5 heteroatoms. The van der Waals surface area contributed by atoms with Gasteiger partial charge in [0, 0.05) is 18.7 Å². The molecular weight excluding hydrogens is 216 g/mol. The van der Waals surface area contributed by atoms with E-state index in [4.69, 9.17) is 10.2 Å². The quantitative estimate of drug-likeness (QED) is 0.842. The Morgan fingerprint density at radius 2 is 1.88 bits per heavy atom. The van der Waals surface area contributed by atoms with Crippen molar-refractivity contribution in [2.75, 3.05) is 11.9 Å². The van der Waals surface area contributed by atoms with Gasteiger partial charge in [-0.25, -0.2) is 0 Å². The molecule has 3 N–H and O–H groups in total. The van der Waals surface area contributed by atoms with Gasteiger partial charge in [-0.05, 0) is 37.1 Å². The zero-order valence-corrected chi connectivity index (χ0v) is 10.0. The smallest absolute Gasteiger partial charge is 0.320 e. The van der Waals surface area contributed by atoms with E-state index in [-0.39, 0.29) is 0 Å². The molecule has 0 saturated carbocycles. The molecule has 1 aromatic carbocycles. The molecule has 0 unspecified atom stereocenters. The van der Waals surface area contributed by atoms with Crippen molar-refractivity contribution in [3.8, 4) is 0 Å². The van der Waals surface area contributed by atoms with Crippen molar-refractivity contribution >= 4 is 11.7 Å². The first kappa shape index (κ1) is 11.6. The summed E-state index contributed by atoms with van der Waals surface area (Å²) in [6.07, 6.45) is 0.599. The molecule has 0 saturated heterocycles. The Hall–Kier alpha value is -1.88. The topological polar surface area (TPSA) is 77.0 Å². The van der Waals surface area contributed by atoms with Crippen LogP contribution in [0.4, 0.5) is 11.7 Å². The van der Waals surface area contributed by atoms with Crippen LogP contribution >= 0.6 is 0 Å². The summed E-state index contributed by atoms with van der Waals surface area (Å²) in [6.45, 7) is 4.60. The fourth-order valence-corrected chi connectivity index (χ4v) is 1.70. The molecule has 0 aliphatic carbocycles. The van der Waals surface area contributed by atoms with Gasteiger partial charge in [0.15, 0.2) is 0 Å². The minimum atomic E-state index is 0.401. The minimum Gasteiger partial charge on any atom is -0.408 e. The summed E-state index contributed by atoms with van der Waals surface area (Å²) in [5.74, 6) is 0.555. The highest BCUT2D eigenvalue weighted by Gasteiger charge is 2.05. The number of anilines is 2. The van der Waals surface area contributed by atoms with Crippen LogP contribution in [0.2, 0.25) is 0 Å². The monoisotopic (exact) mass is 232 g/mol. The number of hydrogen-bond acceptors (Lipinski definition) is 5. The first-order chi connectivity index (χ1) is 8.17. The third-order valence-electron chi connectivity index (χ3n) is 2.30. The van der Waals surface area contributed by atoms with Gasteiger partial charge in [-0.1, -0.05) is 11.2 Å². The molecule has 1 heterocycles. The molecule has 5 nitrogen and oxygen atoms in total. The lowest BCUT2D eigenvalue weighted by Crippen LogP contribution is -2.02. The molecule has 0 radical (unpaired) electrons. The van der Waals surface area contributed by atoms with E-state index in [0.717, 1.165) is 5.69 Å². The summed E-state index contributed by atoms with van der Waals surface area (Å²) in [6, 6.07) is 6.57. The largest absolute Gasteiger partial charge is 0.408 e. The van der Waals surface area contributed by atoms with E-state index in [1.165, 1.54) is 11.1 Å². The predicted molar refractivity (Wildman–Crippen MR) is 66.3 cm³/mol. The van der Waals surface area contributed by atoms with E-state index in [1.54, 1.807) is 0 Å². The van der Waals surface area contributed by atoms with Gasteiger partial charge in [0.2, 0.25) is 5.89 Å². The zero-order valence-electron chi connectivity index (χ0n) is 10.0. The maximum Gasteiger partial charge on any atom is 0.320 e. The van der Waals surface area contributed by atoms with E-state index in [2.05, 4.69) is 21.6 Å². The van der Waals surface area contributed by atoms with Gasteiger partial charge in [-0.15, -0.1) is 5.10 Å². The van der Waals surface area contributed by atoms with Crippen molar-refractivity contribution < 1.29 is 4.42 Å². The second-order valence-electron chi connectivity index (χ2n) is 4.04. The van der Waals surface area contributed by atoms with Gasteiger partial charge in [0.05, 0.1) is 0 Å². The van der Waals surface area contributed by atoms with Gasteiger partial charge in [0.1, 0.15) is 0 Å². The molecule has 0 bridgehead atoms. The minimum absolute atomic E-state index is 0.401. The standard InChI is InChI=1S/C12H16N4O/c1-8-5-9(2)7-10(6-8)14-12-16-15-11(17-12)3-4-13/h5-7H,3-4,13H2,1-2H3,(H,14,16). The van der Waals surface area contributed by atoms with Crippen molar-refractivity contribution in [1.29, 1.82) is 0 Å². The van der Waals surface area contributed by atoms with E-state index in [1.807, 2.05) is 26.0 Å². The van der Waals surface area contributed by atoms with Gasteiger partial charge in [-0.3, -0.25) is 0 Å². The summed E-state index contributed by atoms with van der Waals surface area (Å²) < 4.78 is 5.39. The lowest BCUT2D eigenvalue weighted by atomic mass is 10.1. The Morgan fingerprint density at radius 1 is 1.18 bits per heavy atom. The Kier molecular flexibility index (Phi) is 3.39. The average molecular weight is 232 g/mol. The van der Waals surface area contributed by atoms with Crippen LogP contribution in [0.5, 0.6) is 0 Å². The van der Waals surface area contributed by atoms with Crippen LogP contribution in [0, 0.1) is 13.8 Å². The third-order valence-corrected chi connectivity index (χ3v) is 2.30. The van der Waals surface area contributed by atoms with Crippen LogP contribution in [0.1, 0.15) is 17.0 Å². The summed E-state index contributed by atoms with van der Waals surface area (Å²) in [5.41, 5.74) is 8.74. The van der Waals surface area contributed by atoms with E-state index in [9.17, 15) is 0 Å². The fourth-order valence-electron chi connectivity index (χ4n) is 1.70. The summed E-state index contributed by atoms with van der Waals surface area (Å²) in [7, 11) is 0. The Balaban J connectivity index is 2.13. The van der Waals surface area contributed by atoms with Gasteiger partial charge in [-0.2, -0.15) is 0 Å². The van der Waals surface area contributed by atoms with Crippen LogP contribution in [0.25, 0.3) is 0 Å². The maximum absolute atomic E-state index is 5.41. The number of nitrogens with two attached hydrogens (primary N) is 1. The second kappa shape index (κ2) is 4.97. The number of aromatic nitrogens is 2. The van der Waals surface area contributed by atoms with E-state index >= 15 is 0 Å². The molecule has 0 aliphatic rings. The lowest BCUT2D eigenvalue weighted by Gasteiger charge is -2.04. The van der Waals surface area contributed by atoms with Crippen molar-refractivity contribution in [3.05, 3.63) is 35.2 Å². The number of nitrogens with one attached hydrogen (secondary N) is 1. The highest BCUT2D eigenvalue weighted by molar-refractivity contribution is 5.54. The molecule has 1 aromatic heterocycles. The zero-order chi connectivity index (χ0) is 12.3. The number of benzene rings is 1. The van der Waals surface area contributed by atoms with Crippen LogP contribution in [0.15, 0.2) is 22.6 Å². The fraction of sp³-hybridized carbons (Fsp3) is 0.333. The number of nitrogens with zero attached hydrogens (tertiary/aromatic N) is 2. The van der Waals surface area contributed by atoms with Crippen molar-refractivity contribution in [2.24, 2.45) is 5.73 Å². The second-order valence-corrected chi connectivity index (χ2v) is 4.04. The molecule has 2 aromatic rings. The molecule has 90 valence electrons. The third kappa shape index (κ3) is 3.04. The Bertz CT molecular complexity index is 487. The van der Waals surface area contributed by atoms with E-state index < -0.39 is 0 Å². The highest BCUT2D eigenvalue weighted by Crippen LogP contribution is 2.18. The van der Waals surface area contributed by atoms with Crippen LogP contribution < -0.4 is 11.1 Å². The number of hydrogen-bond donors (Lipinski definition) is 2. The molecule has 0 fully saturated rings. The molecule has 2 rings (SSSR count). The van der Waals surface area contributed by atoms with Gasteiger partial charge < -0.3 is 15.5 Å². The molecule has 0 atom stereocenters. The van der Waals surface area contributed by atoms with Gasteiger partial charge >= 0.3 is 6.01 Å². The first-order valence-corrected chi connectivity index (χ1v) is 5.55. The van der Waals surface area contributed by atoms with Crippen molar-refractivity contribution in [2.45, 2.75) is 20.3 Å². The molecule has 17 heavy (non-hydrogen) atoms. The Morgan fingerprint density at radius 3 is 2.53 bits per heavy atom. The van der Waals surface area contributed by atoms with Crippen LogP contribution in [-0.2, 0) is 6.42 Å². The Labute approximate surface area is 100 Å². The van der Waals surface area contributed by atoms with Crippen LogP contribution in [-0.4, -0.2) is 16.7 Å². The summed E-state index contributed by atoms with van der Waals surface area (Å²) >= 11 is 0. The summed E-state index contributed by atoms with van der Waals surface area (Å²) in [5, 5.41) is 10.9. The normalized spacial score (nSPS) is 10.5. The van der Waals surface area contributed by atoms with Crippen molar-refractivity contribution in [1.82, 2.24) is 10.2 Å². The molecule has 0 aliphatic heterocycles. The molecule has 0 amide bonds. The predicted octanol–water partition coefficient (Wildman–Crippen LogP) is 1.93. The average Bonchev–Trinajstić information content (AvgIpc) is 2.64. The number of aryl methyl sites for hydroxylation is 2. The summed E-state index contributed by atoms with van der Waals surface area (Å²) in [4.78, 5) is 0. The van der Waals surface area contributed by atoms with Gasteiger partial charge in [0.25, 0.3) is 0 Å². The van der Waals surface area contributed by atoms with Crippen molar-refractivity contribution in [3.63, 3.8) is 0 Å². The highest BCUT2D eigenvalue weighted by atomic mass is 16.4. The SMILES string of the molecule is Cc1cc(C)cc(Nc2nnc(CCN)o2)c1. The lowest BCUT2D eigenvalue weighted by molar-refractivity contribution is 0.510. The van der Waals surface area contributed by atoms with E-state index in [0.29, 0.717) is 24.9 Å². The molecule has 0 spiro atoms. The molecular formula is C12H16N4O. The maximum atomic E-state index is 5.41. The number of rotatable bonds is 4. The first-order valence-electron chi connectivity index (χ1n) is 5.55. The van der Waals surface area contributed by atoms with Crippen LogP contribution in [0.3, 0.4) is 0 Å².